The average Bonchev–Trinajstić information content (AvgIpc) is 2.33. The molecule has 0 aliphatic carbocycles. The molecular weight excluding hydrogens is 232 g/mol. The number of amides is 1. The Morgan fingerprint density at radius 1 is 1.39 bits per heavy atom. The van der Waals surface area contributed by atoms with Crippen molar-refractivity contribution in [3.05, 3.63) is 0 Å². The second kappa shape index (κ2) is 8.08. The van der Waals surface area contributed by atoms with Crippen molar-refractivity contribution in [3.63, 3.8) is 0 Å². The van der Waals surface area contributed by atoms with E-state index in [0.717, 1.165) is 12.8 Å². The number of carboxylic acids is 1. The minimum Gasteiger partial charge on any atom is -0.481 e. The Balaban J connectivity index is 3.99. The Kier molecular flexibility index (Phi) is 7.59. The van der Waals surface area contributed by atoms with E-state index in [-0.39, 0.29) is 12.5 Å². The molecule has 0 aromatic rings. The first-order valence-electron chi connectivity index (χ1n) is 6.56. The standard InChI is InChI=1S/C13H26N2O3/c1-4-13(3,12(17)18)9-15-11(16)6-5-10(2)7-8-14/h10H,4-9,14H2,1-3H3,(H,15,16)(H,17,18). The maximum absolute atomic E-state index is 11.6. The van der Waals surface area contributed by atoms with Crippen molar-refractivity contribution >= 4 is 11.9 Å². The highest BCUT2D eigenvalue weighted by Gasteiger charge is 2.31. The van der Waals surface area contributed by atoms with E-state index in [2.05, 4.69) is 12.2 Å². The number of rotatable bonds is 9. The van der Waals surface area contributed by atoms with E-state index in [4.69, 9.17) is 10.8 Å². The van der Waals surface area contributed by atoms with Gasteiger partial charge in [0.1, 0.15) is 0 Å². The largest absolute Gasteiger partial charge is 0.481 e. The minimum atomic E-state index is -0.876. The maximum Gasteiger partial charge on any atom is 0.311 e. The van der Waals surface area contributed by atoms with Crippen molar-refractivity contribution in [2.75, 3.05) is 13.1 Å². The molecule has 2 unspecified atom stereocenters. The number of carbonyl (C=O) groups is 2. The summed E-state index contributed by atoms with van der Waals surface area (Å²) in [5, 5.41) is 11.8. The Morgan fingerprint density at radius 3 is 2.44 bits per heavy atom. The predicted molar refractivity (Wildman–Crippen MR) is 71.1 cm³/mol. The zero-order valence-electron chi connectivity index (χ0n) is 11.7. The van der Waals surface area contributed by atoms with Gasteiger partial charge in [0.05, 0.1) is 5.41 Å². The van der Waals surface area contributed by atoms with Crippen molar-refractivity contribution in [2.45, 2.75) is 46.5 Å². The average molecular weight is 258 g/mol. The van der Waals surface area contributed by atoms with E-state index < -0.39 is 11.4 Å². The van der Waals surface area contributed by atoms with Crippen LogP contribution in [0.5, 0.6) is 0 Å². The normalized spacial score (nSPS) is 15.8. The topological polar surface area (TPSA) is 92.4 Å². The number of hydrogen-bond donors (Lipinski definition) is 3. The first-order chi connectivity index (χ1) is 8.35. The molecule has 0 bridgehead atoms. The van der Waals surface area contributed by atoms with Crippen LogP contribution in [0.2, 0.25) is 0 Å². The fourth-order valence-corrected chi connectivity index (χ4v) is 1.54. The van der Waals surface area contributed by atoms with E-state index in [1.54, 1.807) is 6.92 Å². The molecule has 5 nitrogen and oxygen atoms in total. The lowest BCUT2D eigenvalue weighted by Gasteiger charge is -2.23. The third-order valence-electron chi connectivity index (χ3n) is 3.50. The van der Waals surface area contributed by atoms with Crippen LogP contribution >= 0.6 is 0 Å². The summed E-state index contributed by atoms with van der Waals surface area (Å²) in [5.41, 5.74) is 4.56. The Labute approximate surface area is 109 Å². The molecule has 1 amide bonds. The number of nitrogens with one attached hydrogen (secondary N) is 1. The van der Waals surface area contributed by atoms with Crippen LogP contribution in [0, 0.1) is 11.3 Å². The molecule has 0 saturated carbocycles. The lowest BCUT2D eigenvalue weighted by atomic mass is 9.87. The summed E-state index contributed by atoms with van der Waals surface area (Å²) in [6.45, 7) is 6.34. The Hall–Kier alpha value is -1.10. The number of carbonyl (C=O) groups excluding carboxylic acids is 1. The molecule has 0 saturated heterocycles. The SMILES string of the molecule is CCC(C)(CNC(=O)CCC(C)CCN)C(=O)O. The summed E-state index contributed by atoms with van der Waals surface area (Å²) in [5.74, 6) is -0.528. The van der Waals surface area contributed by atoms with Crippen molar-refractivity contribution in [1.29, 1.82) is 0 Å². The number of carboxylic acid groups (broad SMARTS) is 1. The zero-order valence-corrected chi connectivity index (χ0v) is 11.7. The molecular formula is C13H26N2O3. The molecule has 2 atom stereocenters. The quantitative estimate of drug-likeness (QED) is 0.582. The summed E-state index contributed by atoms with van der Waals surface area (Å²) in [7, 11) is 0. The molecule has 4 N–H and O–H groups in total. The molecule has 0 aromatic heterocycles. The number of nitrogens with two attached hydrogens (primary N) is 1. The molecule has 0 spiro atoms. The van der Waals surface area contributed by atoms with E-state index in [9.17, 15) is 9.59 Å². The molecule has 0 aliphatic rings. The highest BCUT2D eigenvalue weighted by atomic mass is 16.4. The zero-order chi connectivity index (χ0) is 14.2. The van der Waals surface area contributed by atoms with Crippen LogP contribution in [0.25, 0.3) is 0 Å². The third kappa shape index (κ3) is 6.00. The van der Waals surface area contributed by atoms with Crippen LogP contribution in [0.3, 0.4) is 0 Å². The van der Waals surface area contributed by atoms with E-state index in [1.165, 1.54) is 0 Å². The van der Waals surface area contributed by atoms with Gasteiger partial charge < -0.3 is 16.2 Å². The molecule has 0 aromatic carbocycles. The molecule has 106 valence electrons. The van der Waals surface area contributed by atoms with Crippen LogP contribution in [0.4, 0.5) is 0 Å². The van der Waals surface area contributed by atoms with Gasteiger partial charge in [0, 0.05) is 13.0 Å². The van der Waals surface area contributed by atoms with Crippen molar-refractivity contribution in [3.8, 4) is 0 Å². The lowest BCUT2D eigenvalue weighted by molar-refractivity contribution is -0.148. The van der Waals surface area contributed by atoms with Gasteiger partial charge in [-0.3, -0.25) is 9.59 Å². The summed E-state index contributed by atoms with van der Waals surface area (Å²) < 4.78 is 0. The fraction of sp³-hybridized carbons (Fsp3) is 0.846. The van der Waals surface area contributed by atoms with Crippen molar-refractivity contribution in [1.82, 2.24) is 5.32 Å². The molecule has 0 fully saturated rings. The van der Waals surface area contributed by atoms with Gasteiger partial charge >= 0.3 is 5.97 Å². The summed E-state index contributed by atoms with van der Waals surface area (Å²) in [6, 6.07) is 0. The predicted octanol–water partition coefficient (Wildman–Crippen LogP) is 1.37. The van der Waals surface area contributed by atoms with Crippen LogP contribution in [0.15, 0.2) is 0 Å². The van der Waals surface area contributed by atoms with E-state index in [1.807, 2.05) is 6.92 Å². The van der Waals surface area contributed by atoms with E-state index in [0.29, 0.717) is 25.3 Å². The monoisotopic (exact) mass is 258 g/mol. The number of aliphatic carboxylic acids is 1. The highest BCUT2D eigenvalue weighted by Crippen LogP contribution is 2.20. The van der Waals surface area contributed by atoms with E-state index >= 15 is 0 Å². The second-order valence-corrected chi connectivity index (χ2v) is 5.22. The summed E-state index contributed by atoms with van der Waals surface area (Å²) in [6.07, 6.45) is 2.63. The molecule has 0 aliphatic heterocycles. The van der Waals surface area contributed by atoms with Gasteiger partial charge in [-0.2, -0.15) is 0 Å². The first kappa shape index (κ1) is 16.9. The Morgan fingerprint density at radius 2 is 2.00 bits per heavy atom. The molecule has 0 heterocycles. The van der Waals surface area contributed by atoms with Crippen molar-refractivity contribution < 1.29 is 14.7 Å². The van der Waals surface area contributed by atoms with Gasteiger partial charge in [-0.15, -0.1) is 0 Å². The maximum atomic E-state index is 11.6. The van der Waals surface area contributed by atoms with Crippen LogP contribution in [-0.2, 0) is 9.59 Å². The van der Waals surface area contributed by atoms with Crippen LogP contribution in [-0.4, -0.2) is 30.1 Å². The first-order valence-corrected chi connectivity index (χ1v) is 6.56. The van der Waals surface area contributed by atoms with Crippen LogP contribution in [0.1, 0.15) is 46.5 Å². The van der Waals surface area contributed by atoms with Gasteiger partial charge in [0.25, 0.3) is 0 Å². The fourth-order valence-electron chi connectivity index (χ4n) is 1.54. The number of hydrogen-bond acceptors (Lipinski definition) is 3. The smallest absolute Gasteiger partial charge is 0.311 e. The van der Waals surface area contributed by atoms with Crippen molar-refractivity contribution in [2.24, 2.45) is 17.1 Å². The lowest BCUT2D eigenvalue weighted by Crippen LogP contribution is -2.40. The van der Waals surface area contributed by atoms with Crippen LogP contribution < -0.4 is 11.1 Å². The van der Waals surface area contributed by atoms with Gasteiger partial charge in [0.2, 0.25) is 5.91 Å². The van der Waals surface area contributed by atoms with Gasteiger partial charge in [0.15, 0.2) is 0 Å². The van der Waals surface area contributed by atoms with Gasteiger partial charge in [-0.05, 0) is 38.6 Å². The highest BCUT2D eigenvalue weighted by molar-refractivity contribution is 5.78. The summed E-state index contributed by atoms with van der Waals surface area (Å²) >= 11 is 0. The van der Waals surface area contributed by atoms with Gasteiger partial charge in [-0.25, -0.2) is 0 Å². The second-order valence-electron chi connectivity index (χ2n) is 5.22. The molecule has 0 rings (SSSR count). The molecule has 5 heteroatoms. The minimum absolute atomic E-state index is 0.0835. The third-order valence-corrected chi connectivity index (χ3v) is 3.50. The van der Waals surface area contributed by atoms with Gasteiger partial charge in [-0.1, -0.05) is 13.8 Å². The molecule has 0 radical (unpaired) electrons. The summed E-state index contributed by atoms with van der Waals surface area (Å²) in [4.78, 5) is 22.7. The Bertz CT molecular complexity index is 281. The molecule has 18 heavy (non-hydrogen) atoms.